The van der Waals surface area contributed by atoms with Crippen LogP contribution in [0.3, 0.4) is 0 Å². The van der Waals surface area contributed by atoms with Gasteiger partial charge in [0.2, 0.25) is 5.76 Å². The van der Waals surface area contributed by atoms with Crippen LogP contribution in [0, 0.1) is 0 Å². The van der Waals surface area contributed by atoms with E-state index in [4.69, 9.17) is 13.9 Å². The summed E-state index contributed by atoms with van der Waals surface area (Å²) in [5.41, 5.74) is 1.78. The molecule has 1 aliphatic rings. The molecule has 33 heavy (non-hydrogen) atoms. The van der Waals surface area contributed by atoms with Gasteiger partial charge >= 0.3 is 0 Å². The largest absolute Gasteiger partial charge is 0.497 e. The Labute approximate surface area is 190 Å². The molecule has 0 spiro atoms. The van der Waals surface area contributed by atoms with Crippen LogP contribution in [-0.4, -0.2) is 19.6 Å². The summed E-state index contributed by atoms with van der Waals surface area (Å²) in [6.07, 6.45) is 1.66. The van der Waals surface area contributed by atoms with Gasteiger partial charge in [0.25, 0.3) is 5.91 Å². The second kappa shape index (κ2) is 8.31. The van der Waals surface area contributed by atoms with Gasteiger partial charge in [0.1, 0.15) is 23.7 Å². The molecule has 6 heteroatoms. The molecule has 0 bridgehead atoms. The van der Waals surface area contributed by atoms with Crippen LogP contribution in [0.4, 0.5) is 5.69 Å². The van der Waals surface area contributed by atoms with E-state index in [2.05, 4.69) is 6.58 Å². The molecule has 4 aromatic rings. The third-order valence-electron chi connectivity index (χ3n) is 5.65. The summed E-state index contributed by atoms with van der Waals surface area (Å²) in [6, 6.07) is 20.8. The molecule has 0 saturated heterocycles. The molecule has 1 amide bonds. The summed E-state index contributed by atoms with van der Waals surface area (Å²) in [6.45, 7) is 4.02. The van der Waals surface area contributed by atoms with Crippen molar-refractivity contribution in [3.8, 4) is 11.5 Å². The van der Waals surface area contributed by atoms with Gasteiger partial charge in [0, 0.05) is 11.8 Å². The molecule has 3 aromatic carbocycles. The van der Waals surface area contributed by atoms with Crippen LogP contribution in [0.1, 0.15) is 27.7 Å². The second-order valence-electron chi connectivity index (χ2n) is 7.62. The van der Waals surface area contributed by atoms with Gasteiger partial charge in [-0.15, -0.1) is 0 Å². The van der Waals surface area contributed by atoms with E-state index in [-0.39, 0.29) is 17.1 Å². The smallest absolute Gasteiger partial charge is 0.295 e. The maximum Gasteiger partial charge on any atom is 0.295 e. The maximum absolute atomic E-state index is 13.6. The van der Waals surface area contributed by atoms with Crippen molar-refractivity contribution >= 4 is 22.6 Å². The number of carbonyl (C=O) groups is 1. The quantitative estimate of drug-likeness (QED) is 0.390. The molecule has 1 aromatic heterocycles. The van der Waals surface area contributed by atoms with Crippen molar-refractivity contribution in [2.24, 2.45) is 0 Å². The molecular formula is C27H21NO5. The molecule has 1 atom stereocenters. The van der Waals surface area contributed by atoms with Crippen LogP contribution in [0.2, 0.25) is 0 Å². The van der Waals surface area contributed by atoms with Crippen LogP contribution < -0.4 is 19.8 Å². The molecule has 2 heterocycles. The van der Waals surface area contributed by atoms with E-state index in [0.717, 1.165) is 5.56 Å². The monoisotopic (exact) mass is 439 g/mol. The van der Waals surface area contributed by atoms with Crippen molar-refractivity contribution in [2.45, 2.75) is 6.04 Å². The summed E-state index contributed by atoms with van der Waals surface area (Å²) in [4.78, 5) is 28.8. The van der Waals surface area contributed by atoms with E-state index in [1.807, 2.05) is 30.3 Å². The van der Waals surface area contributed by atoms with Crippen molar-refractivity contribution < 1.29 is 18.7 Å². The predicted octanol–water partition coefficient (Wildman–Crippen LogP) is 5.12. The van der Waals surface area contributed by atoms with E-state index >= 15 is 0 Å². The summed E-state index contributed by atoms with van der Waals surface area (Å²) in [5.74, 6) is 0.874. The molecule has 0 saturated carbocycles. The zero-order valence-electron chi connectivity index (χ0n) is 18.0. The number of benzene rings is 3. The average Bonchev–Trinajstić information content (AvgIpc) is 3.15. The molecule has 0 fully saturated rings. The SMILES string of the molecule is C=CCOc1cccc(C2c3c(oc4ccccc4c3=O)C(=O)N2c2cccc(OC)c2)c1. The maximum atomic E-state index is 13.6. The van der Waals surface area contributed by atoms with Gasteiger partial charge < -0.3 is 13.9 Å². The molecule has 0 N–H and O–H groups in total. The third-order valence-corrected chi connectivity index (χ3v) is 5.65. The molecule has 0 aliphatic carbocycles. The Morgan fingerprint density at radius 2 is 1.79 bits per heavy atom. The summed E-state index contributed by atoms with van der Waals surface area (Å²) < 4.78 is 17.1. The van der Waals surface area contributed by atoms with E-state index < -0.39 is 6.04 Å². The van der Waals surface area contributed by atoms with Gasteiger partial charge in [0.15, 0.2) is 5.43 Å². The number of para-hydroxylation sites is 1. The number of methoxy groups -OCH3 is 1. The van der Waals surface area contributed by atoms with Crippen molar-refractivity contribution in [2.75, 3.05) is 18.6 Å². The summed E-state index contributed by atoms with van der Waals surface area (Å²) in [7, 11) is 1.56. The standard InChI is InChI=1S/C27H21NO5/c1-3-14-32-20-11-6-8-17(15-20)24-23-25(29)21-12-4-5-13-22(21)33-26(23)27(30)28(24)18-9-7-10-19(16-18)31-2/h3-13,15-16,24H,1,14H2,2H3. The minimum absolute atomic E-state index is 0.0453. The highest BCUT2D eigenvalue weighted by atomic mass is 16.5. The summed E-state index contributed by atoms with van der Waals surface area (Å²) >= 11 is 0. The Morgan fingerprint density at radius 3 is 2.61 bits per heavy atom. The Bertz CT molecular complexity index is 1440. The van der Waals surface area contributed by atoms with Crippen LogP contribution in [0.25, 0.3) is 11.0 Å². The fourth-order valence-electron chi connectivity index (χ4n) is 4.19. The average molecular weight is 439 g/mol. The minimum atomic E-state index is -0.687. The Balaban J connectivity index is 1.76. The molecule has 1 aliphatic heterocycles. The van der Waals surface area contributed by atoms with Crippen molar-refractivity contribution in [3.05, 3.63) is 113 Å². The third kappa shape index (κ3) is 3.46. The highest BCUT2D eigenvalue weighted by Gasteiger charge is 2.43. The first-order chi connectivity index (χ1) is 16.1. The first kappa shape index (κ1) is 20.6. The molecule has 6 nitrogen and oxygen atoms in total. The zero-order chi connectivity index (χ0) is 22.9. The number of fused-ring (bicyclic) bond motifs is 2. The first-order valence-electron chi connectivity index (χ1n) is 10.5. The van der Waals surface area contributed by atoms with E-state index in [9.17, 15) is 9.59 Å². The van der Waals surface area contributed by atoms with Gasteiger partial charge in [-0.25, -0.2) is 0 Å². The van der Waals surface area contributed by atoms with Gasteiger partial charge in [0.05, 0.1) is 24.1 Å². The Kier molecular flexibility index (Phi) is 5.18. The summed E-state index contributed by atoms with van der Waals surface area (Å²) in [5, 5.41) is 0.431. The number of hydrogen-bond acceptors (Lipinski definition) is 5. The molecule has 0 radical (unpaired) electrons. The van der Waals surface area contributed by atoms with E-state index in [1.54, 1.807) is 60.6 Å². The topological polar surface area (TPSA) is 69.0 Å². The van der Waals surface area contributed by atoms with Crippen LogP contribution >= 0.6 is 0 Å². The Morgan fingerprint density at radius 1 is 1.00 bits per heavy atom. The number of carbonyl (C=O) groups excluding carboxylic acids is 1. The number of amides is 1. The van der Waals surface area contributed by atoms with Gasteiger partial charge in [-0.3, -0.25) is 14.5 Å². The van der Waals surface area contributed by atoms with Crippen LogP contribution in [0.5, 0.6) is 11.5 Å². The molecule has 164 valence electrons. The second-order valence-corrected chi connectivity index (χ2v) is 7.62. The highest BCUT2D eigenvalue weighted by molar-refractivity contribution is 6.10. The molecule has 5 rings (SSSR count). The lowest BCUT2D eigenvalue weighted by Gasteiger charge is -2.26. The molecule has 1 unspecified atom stereocenters. The van der Waals surface area contributed by atoms with Crippen molar-refractivity contribution in [1.29, 1.82) is 0 Å². The Hall–Kier alpha value is -4.32. The van der Waals surface area contributed by atoms with Crippen molar-refractivity contribution in [3.63, 3.8) is 0 Å². The number of nitrogens with zero attached hydrogens (tertiary/aromatic N) is 1. The van der Waals surface area contributed by atoms with Gasteiger partial charge in [-0.05, 0) is 42.0 Å². The number of ether oxygens (including phenoxy) is 2. The normalized spacial score (nSPS) is 14.9. The van der Waals surface area contributed by atoms with Crippen molar-refractivity contribution in [1.82, 2.24) is 0 Å². The lowest BCUT2D eigenvalue weighted by Crippen LogP contribution is -2.29. The predicted molar refractivity (Wildman–Crippen MR) is 126 cm³/mol. The van der Waals surface area contributed by atoms with Gasteiger partial charge in [-0.1, -0.05) is 43.0 Å². The van der Waals surface area contributed by atoms with E-state index in [1.165, 1.54) is 0 Å². The van der Waals surface area contributed by atoms with E-state index in [0.29, 0.717) is 40.3 Å². The minimum Gasteiger partial charge on any atom is -0.497 e. The molecular weight excluding hydrogens is 418 g/mol. The zero-order valence-corrected chi connectivity index (χ0v) is 18.0. The highest BCUT2D eigenvalue weighted by Crippen LogP contribution is 2.42. The number of hydrogen-bond donors (Lipinski definition) is 0. The van der Waals surface area contributed by atoms with Gasteiger partial charge in [-0.2, -0.15) is 0 Å². The van der Waals surface area contributed by atoms with Crippen LogP contribution in [-0.2, 0) is 0 Å². The lowest BCUT2D eigenvalue weighted by atomic mass is 9.98. The first-order valence-corrected chi connectivity index (χ1v) is 10.5. The number of anilines is 1. The fourth-order valence-corrected chi connectivity index (χ4v) is 4.19. The fraction of sp³-hybridized carbons (Fsp3) is 0.111. The van der Waals surface area contributed by atoms with Crippen LogP contribution in [0.15, 0.2) is 94.7 Å². The number of rotatable bonds is 6. The lowest BCUT2D eigenvalue weighted by molar-refractivity contribution is 0.0971.